The lowest BCUT2D eigenvalue weighted by Gasteiger charge is -2.32. The van der Waals surface area contributed by atoms with E-state index in [1.165, 1.54) is 11.3 Å². The molecule has 0 bridgehead atoms. The molecular weight excluding hydrogens is 398 g/mol. The molecule has 0 aliphatic carbocycles. The van der Waals surface area contributed by atoms with Crippen LogP contribution in [0.1, 0.15) is 36.4 Å². The Hall–Kier alpha value is -3.00. The molecule has 1 aromatic carbocycles. The zero-order chi connectivity index (χ0) is 20.8. The van der Waals surface area contributed by atoms with Crippen LogP contribution >= 0.6 is 11.3 Å². The quantitative estimate of drug-likeness (QED) is 0.618. The van der Waals surface area contributed by atoms with Crippen molar-refractivity contribution in [3.63, 3.8) is 0 Å². The fourth-order valence-electron chi connectivity index (χ4n) is 3.50. The molecule has 30 heavy (non-hydrogen) atoms. The molecule has 0 unspecified atom stereocenters. The van der Waals surface area contributed by atoms with E-state index in [2.05, 4.69) is 22.4 Å². The number of amides is 1. The number of hydrogen-bond acceptors (Lipinski definition) is 7. The Labute approximate surface area is 180 Å². The first kappa shape index (κ1) is 20.3. The summed E-state index contributed by atoms with van der Waals surface area (Å²) >= 11 is 1.54. The lowest BCUT2D eigenvalue weighted by Crippen LogP contribution is -2.41. The molecule has 1 N–H and O–H groups in total. The van der Waals surface area contributed by atoms with Crippen molar-refractivity contribution in [3.05, 3.63) is 59.2 Å². The monoisotopic (exact) mass is 423 g/mol. The van der Waals surface area contributed by atoms with Crippen molar-refractivity contribution in [1.29, 1.82) is 0 Å². The van der Waals surface area contributed by atoms with E-state index in [0.717, 1.165) is 47.5 Å². The molecule has 2 aromatic heterocycles. The second-order valence-electron chi connectivity index (χ2n) is 7.21. The summed E-state index contributed by atoms with van der Waals surface area (Å²) in [5.41, 5.74) is 0.988. The number of benzene rings is 1. The van der Waals surface area contributed by atoms with Crippen molar-refractivity contribution in [2.75, 3.05) is 25.0 Å². The second-order valence-corrected chi connectivity index (χ2v) is 8.27. The third-order valence-electron chi connectivity index (χ3n) is 5.07. The number of piperidine rings is 1. The number of nitrogens with one attached hydrogen (secondary N) is 1. The van der Waals surface area contributed by atoms with Crippen LogP contribution in [0.2, 0.25) is 0 Å². The number of nitrogens with zero attached hydrogens (tertiary/aromatic N) is 4. The topological polar surface area (TPSA) is 80.2 Å². The Morgan fingerprint density at radius 1 is 1.20 bits per heavy atom. The van der Waals surface area contributed by atoms with Crippen molar-refractivity contribution in [2.45, 2.75) is 32.1 Å². The van der Waals surface area contributed by atoms with Gasteiger partial charge in [0.05, 0.1) is 0 Å². The first-order chi connectivity index (χ1) is 14.7. The van der Waals surface area contributed by atoms with Gasteiger partial charge in [0, 0.05) is 24.7 Å². The molecule has 4 rings (SSSR count). The van der Waals surface area contributed by atoms with Gasteiger partial charge in [0.15, 0.2) is 6.61 Å². The fraction of sp³-hybridized carbons (Fsp3) is 0.364. The van der Waals surface area contributed by atoms with Gasteiger partial charge in [0.2, 0.25) is 5.13 Å². The van der Waals surface area contributed by atoms with Crippen molar-refractivity contribution in [1.82, 2.24) is 20.1 Å². The van der Waals surface area contributed by atoms with Crippen LogP contribution in [0.25, 0.3) is 0 Å². The fourth-order valence-corrected chi connectivity index (χ4v) is 4.19. The van der Waals surface area contributed by atoms with E-state index < -0.39 is 0 Å². The Balaban J connectivity index is 1.37. The molecule has 0 spiro atoms. The van der Waals surface area contributed by atoms with Gasteiger partial charge in [-0.3, -0.25) is 4.79 Å². The number of para-hydroxylation sites is 1. The van der Waals surface area contributed by atoms with Gasteiger partial charge >= 0.3 is 0 Å². The highest BCUT2D eigenvalue weighted by atomic mass is 32.1. The van der Waals surface area contributed by atoms with Crippen LogP contribution in [0.4, 0.5) is 10.9 Å². The van der Waals surface area contributed by atoms with Crippen molar-refractivity contribution in [3.8, 4) is 5.75 Å². The van der Waals surface area contributed by atoms with Gasteiger partial charge in [-0.05, 0) is 43.5 Å². The van der Waals surface area contributed by atoms with Crippen LogP contribution in [0, 0.1) is 0 Å². The van der Waals surface area contributed by atoms with E-state index >= 15 is 0 Å². The van der Waals surface area contributed by atoms with Crippen LogP contribution in [0.3, 0.4) is 0 Å². The number of hydrogen-bond donors (Lipinski definition) is 1. The third kappa shape index (κ3) is 5.13. The van der Waals surface area contributed by atoms with Gasteiger partial charge in [0.25, 0.3) is 5.91 Å². The van der Waals surface area contributed by atoms with Crippen LogP contribution in [0.5, 0.6) is 5.75 Å². The van der Waals surface area contributed by atoms with Gasteiger partial charge < -0.3 is 15.0 Å². The molecule has 0 saturated carbocycles. The predicted octanol–water partition coefficient (Wildman–Crippen LogP) is 4.02. The highest BCUT2D eigenvalue weighted by Gasteiger charge is 2.26. The highest BCUT2D eigenvalue weighted by molar-refractivity contribution is 7.15. The number of rotatable bonds is 7. The number of aromatic nitrogens is 3. The Bertz CT molecular complexity index is 978. The lowest BCUT2D eigenvalue weighted by atomic mass is 9.94. The molecule has 1 amide bonds. The first-order valence-electron chi connectivity index (χ1n) is 10.2. The average Bonchev–Trinajstić information content (AvgIpc) is 3.26. The van der Waals surface area contributed by atoms with Crippen molar-refractivity contribution in [2.24, 2.45) is 0 Å². The maximum atomic E-state index is 12.6. The molecule has 3 aromatic rings. The van der Waals surface area contributed by atoms with Crippen LogP contribution in [-0.4, -0.2) is 45.7 Å². The normalized spacial score (nSPS) is 16.3. The molecule has 3 heterocycles. The highest BCUT2D eigenvalue weighted by Crippen LogP contribution is 2.27. The summed E-state index contributed by atoms with van der Waals surface area (Å²) in [7, 11) is 0. The number of anilines is 2. The minimum Gasteiger partial charge on any atom is -0.484 e. The Kier molecular flexibility index (Phi) is 6.53. The maximum Gasteiger partial charge on any atom is 0.260 e. The molecule has 1 saturated heterocycles. The number of carbonyl (C=O) groups excluding carboxylic acids is 1. The molecular formula is C22H25N5O2S. The summed E-state index contributed by atoms with van der Waals surface area (Å²) in [6.07, 6.45) is 2.84. The summed E-state index contributed by atoms with van der Waals surface area (Å²) in [5, 5.41) is 13.3. The summed E-state index contributed by atoms with van der Waals surface area (Å²) < 4.78 is 5.63. The number of likely N-dealkylation sites (tertiary alicyclic amines) is 1. The van der Waals surface area contributed by atoms with Gasteiger partial charge in [-0.2, -0.15) is 0 Å². The van der Waals surface area contributed by atoms with Gasteiger partial charge in [-0.1, -0.05) is 42.5 Å². The van der Waals surface area contributed by atoms with Crippen molar-refractivity contribution < 1.29 is 9.53 Å². The number of aryl methyl sites for hydroxylation is 1. The largest absolute Gasteiger partial charge is 0.484 e. The number of pyridine rings is 1. The molecule has 1 fully saturated rings. The number of ether oxygens (including phenoxy) is 1. The van der Waals surface area contributed by atoms with E-state index in [0.29, 0.717) is 12.3 Å². The average molecular weight is 424 g/mol. The van der Waals surface area contributed by atoms with E-state index in [4.69, 9.17) is 9.72 Å². The smallest absolute Gasteiger partial charge is 0.260 e. The SMILES string of the molecule is CCc1nnc(Nc2cccc([C@H]3CCCN(C(=O)COc4ccccc4)C3)n2)s1. The molecule has 1 atom stereocenters. The van der Waals surface area contributed by atoms with E-state index in [-0.39, 0.29) is 18.4 Å². The van der Waals surface area contributed by atoms with Crippen LogP contribution < -0.4 is 10.1 Å². The summed E-state index contributed by atoms with van der Waals surface area (Å²) in [4.78, 5) is 19.3. The van der Waals surface area contributed by atoms with Gasteiger partial charge in [0.1, 0.15) is 16.6 Å². The van der Waals surface area contributed by atoms with E-state index in [1.807, 2.05) is 53.4 Å². The van der Waals surface area contributed by atoms with Gasteiger partial charge in [-0.15, -0.1) is 10.2 Å². The Morgan fingerprint density at radius 2 is 2.07 bits per heavy atom. The molecule has 7 nitrogen and oxygen atoms in total. The minimum absolute atomic E-state index is 0.0128. The summed E-state index contributed by atoms with van der Waals surface area (Å²) in [5.74, 6) is 1.69. The van der Waals surface area contributed by atoms with Crippen molar-refractivity contribution >= 4 is 28.2 Å². The Morgan fingerprint density at radius 3 is 2.87 bits per heavy atom. The molecule has 1 aliphatic heterocycles. The van der Waals surface area contributed by atoms with E-state index in [1.54, 1.807) is 0 Å². The zero-order valence-electron chi connectivity index (χ0n) is 17.0. The third-order valence-corrected chi connectivity index (χ3v) is 6.06. The molecule has 0 radical (unpaired) electrons. The standard InChI is InChI=1S/C22H25N5O2S/c1-2-20-25-26-22(30-20)24-19-12-6-11-18(23-19)16-8-7-13-27(14-16)21(28)15-29-17-9-4-3-5-10-17/h3-6,9-12,16H,2,7-8,13-15H2,1H3,(H,23,24,26)/t16-/m0/s1. The molecule has 156 valence electrons. The second kappa shape index (κ2) is 9.67. The number of carbonyl (C=O) groups is 1. The maximum absolute atomic E-state index is 12.6. The minimum atomic E-state index is 0.0128. The lowest BCUT2D eigenvalue weighted by molar-refractivity contribution is -0.134. The van der Waals surface area contributed by atoms with Crippen LogP contribution in [0.15, 0.2) is 48.5 Å². The zero-order valence-corrected chi connectivity index (χ0v) is 17.8. The summed E-state index contributed by atoms with van der Waals surface area (Å²) in [6, 6.07) is 15.4. The van der Waals surface area contributed by atoms with E-state index in [9.17, 15) is 4.79 Å². The predicted molar refractivity (Wildman–Crippen MR) is 117 cm³/mol. The molecule has 1 aliphatic rings. The van der Waals surface area contributed by atoms with Gasteiger partial charge in [-0.25, -0.2) is 4.98 Å². The summed E-state index contributed by atoms with van der Waals surface area (Å²) in [6.45, 7) is 3.54. The van der Waals surface area contributed by atoms with Crippen LogP contribution in [-0.2, 0) is 11.2 Å². The first-order valence-corrected chi connectivity index (χ1v) is 11.0. The molecule has 8 heteroatoms.